The SMILES string of the molecule is COc1cc(/C=C/C(=O)OCCCc2cc(OC)c3c(c2)[C@@H](COC(=O)/C=C/c2ccc(O)cc2)[C@H](c2ccc(O)c(OC)c2)O3)ccc1O. The van der Waals surface area contributed by atoms with Gasteiger partial charge in [-0.2, -0.15) is 0 Å². The first-order valence-corrected chi connectivity index (χ1v) is 15.8. The molecular formula is C39H38O11. The van der Waals surface area contributed by atoms with E-state index in [-0.39, 0.29) is 36.2 Å². The Balaban J connectivity index is 1.29. The summed E-state index contributed by atoms with van der Waals surface area (Å²) in [5.41, 5.74) is 3.76. The molecule has 11 nitrogen and oxygen atoms in total. The van der Waals surface area contributed by atoms with E-state index < -0.39 is 24.0 Å². The standard InChI is InChI=1S/C39H38O11/c1-45-33-20-25(8-14-31(33)41)10-17-36(43)48-18-4-5-26-19-29-30(23-49-37(44)16-9-24-6-12-28(40)13-7-24)38(50-39(29)35(21-26)47-3)27-11-15-32(42)34(22-27)46-2/h6-17,19-22,30,38,40-42H,4-5,18,23H2,1-3H3/b16-9+,17-10+/t30-,38+/m1/s1. The van der Waals surface area contributed by atoms with Crippen LogP contribution in [-0.2, 0) is 25.5 Å². The van der Waals surface area contributed by atoms with Crippen LogP contribution < -0.4 is 18.9 Å². The van der Waals surface area contributed by atoms with Gasteiger partial charge >= 0.3 is 11.9 Å². The van der Waals surface area contributed by atoms with E-state index in [9.17, 15) is 24.9 Å². The Bertz CT molecular complexity index is 1880. The summed E-state index contributed by atoms with van der Waals surface area (Å²) in [5.74, 6) is 0.175. The molecule has 4 aromatic rings. The van der Waals surface area contributed by atoms with E-state index in [1.54, 1.807) is 55.7 Å². The summed E-state index contributed by atoms with van der Waals surface area (Å²) >= 11 is 0. The van der Waals surface area contributed by atoms with Gasteiger partial charge in [-0.25, -0.2) is 9.59 Å². The lowest BCUT2D eigenvalue weighted by Gasteiger charge is -2.20. The van der Waals surface area contributed by atoms with Crippen LogP contribution in [0.25, 0.3) is 12.2 Å². The van der Waals surface area contributed by atoms with Crippen molar-refractivity contribution in [2.45, 2.75) is 24.9 Å². The maximum atomic E-state index is 12.8. The van der Waals surface area contributed by atoms with Crippen molar-refractivity contribution >= 4 is 24.1 Å². The minimum Gasteiger partial charge on any atom is -0.508 e. The number of phenols is 3. The molecule has 1 heterocycles. The Morgan fingerprint density at radius 2 is 1.34 bits per heavy atom. The monoisotopic (exact) mass is 682 g/mol. The first-order chi connectivity index (χ1) is 24.2. The summed E-state index contributed by atoms with van der Waals surface area (Å²) in [6, 6.07) is 19.9. The van der Waals surface area contributed by atoms with Gasteiger partial charge in [0.25, 0.3) is 0 Å². The number of methoxy groups -OCH3 is 3. The number of aryl methyl sites for hydroxylation is 1. The molecule has 260 valence electrons. The number of benzene rings is 4. The number of fused-ring (bicyclic) bond motifs is 1. The number of hydrogen-bond donors (Lipinski definition) is 3. The van der Waals surface area contributed by atoms with E-state index in [2.05, 4.69) is 0 Å². The Labute approximate surface area is 289 Å². The molecule has 11 heteroatoms. The third kappa shape index (κ3) is 8.67. The Morgan fingerprint density at radius 3 is 2.04 bits per heavy atom. The van der Waals surface area contributed by atoms with Gasteiger partial charge in [0.15, 0.2) is 34.5 Å². The van der Waals surface area contributed by atoms with Crippen molar-refractivity contribution in [3.8, 4) is 40.2 Å². The van der Waals surface area contributed by atoms with Gasteiger partial charge in [0.2, 0.25) is 0 Å². The number of hydrogen-bond acceptors (Lipinski definition) is 11. The number of phenolic OH excluding ortho intramolecular Hbond substituents is 3. The summed E-state index contributed by atoms with van der Waals surface area (Å²) in [6.45, 7) is 0.144. The number of aromatic hydroxyl groups is 3. The van der Waals surface area contributed by atoms with Crippen LogP contribution in [0.2, 0.25) is 0 Å². The van der Waals surface area contributed by atoms with Gasteiger partial charge in [-0.15, -0.1) is 0 Å². The van der Waals surface area contributed by atoms with Gasteiger partial charge in [-0.3, -0.25) is 0 Å². The second kappa shape index (κ2) is 16.3. The molecule has 0 aliphatic carbocycles. The van der Waals surface area contributed by atoms with Crippen LogP contribution in [0, 0.1) is 0 Å². The van der Waals surface area contributed by atoms with E-state index in [0.29, 0.717) is 41.2 Å². The molecule has 0 saturated carbocycles. The topological polar surface area (TPSA) is 150 Å². The van der Waals surface area contributed by atoms with Crippen LogP contribution >= 0.6 is 0 Å². The van der Waals surface area contributed by atoms with Crippen LogP contribution in [0.4, 0.5) is 0 Å². The quantitative estimate of drug-likeness (QED) is 0.0761. The number of carbonyl (C=O) groups excluding carboxylic acids is 2. The molecule has 1 aliphatic heterocycles. The molecule has 0 amide bonds. The average Bonchev–Trinajstić information content (AvgIpc) is 3.50. The first-order valence-electron chi connectivity index (χ1n) is 15.8. The van der Waals surface area contributed by atoms with Gasteiger partial charge < -0.3 is 43.7 Å². The lowest BCUT2D eigenvalue weighted by molar-refractivity contribution is -0.139. The molecule has 0 saturated heterocycles. The lowest BCUT2D eigenvalue weighted by Crippen LogP contribution is -2.17. The fourth-order valence-corrected chi connectivity index (χ4v) is 5.53. The van der Waals surface area contributed by atoms with Crippen LogP contribution in [0.1, 0.15) is 46.3 Å². The molecule has 2 atom stereocenters. The second-order valence-corrected chi connectivity index (χ2v) is 11.4. The van der Waals surface area contributed by atoms with Crippen molar-refractivity contribution in [2.24, 2.45) is 0 Å². The van der Waals surface area contributed by atoms with Crippen LogP contribution in [-0.4, -0.2) is 61.8 Å². The maximum absolute atomic E-state index is 12.8. The highest BCUT2D eigenvalue weighted by atomic mass is 16.5. The van der Waals surface area contributed by atoms with E-state index in [1.807, 2.05) is 12.1 Å². The van der Waals surface area contributed by atoms with Crippen LogP contribution in [0.5, 0.6) is 40.2 Å². The molecule has 3 N–H and O–H groups in total. The third-order valence-corrected chi connectivity index (χ3v) is 8.09. The average molecular weight is 683 g/mol. The molecule has 5 rings (SSSR count). The predicted molar refractivity (Wildman–Crippen MR) is 185 cm³/mol. The van der Waals surface area contributed by atoms with Gasteiger partial charge in [0.05, 0.1) is 33.9 Å². The first kappa shape index (κ1) is 35.2. The molecule has 1 aliphatic rings. The van der Waals surface area contributed by atoms with Gasteiger partial charge in [-0.05, 0) is 89.7 Å². The summed E-state index contributed by atoms with van der Waals surface area (Å²) < 4.78 is 33.7. The van der Waals surface area contributed by atoms with Crippen molar-refractivity contribution in [1.29, 1.82) is 0 Å². The Kier molecular flexibility index (Phi) is 11.5. The zero-order chi connectivity index (χ0) is 35.6. The van der Waals surface area contributed by atoms with E-state index >= 15 is 0 Å². The van der Waals surface area contributed by atoms with Gasteiger partial charge in [-0.1, -0.05) is 30.3 Å². The number of ether oxygens (including phenoxy) is 6. The highest BCUT2D eigenvalue weighted by Crippen LogP contribution is 2.52. The summed E-state index contributed by atoms with van der Waals surface area (Å²) in [4.78, 5) is 25.1. The highest BCUT2D eigenvalue weighted by molar-refractivity contribution is 5.87. The number of rotatable bonds is 14. The lowest BCUT2D eigenvalue weighted by atomic mass is 9.90. The Hall–Kier alpha value is -6.10. The van der Waals surface area contributed by atoms with Crippen molar-refractivity contribution < 1.29 is 53.3 Å². The largest absolute Gasteiger partial charge is 0.508 e. The van der Waals surface area contributed by atoms with E-state index in [1.165, 1.54) is 50.6 Å². The number of carbonyl (C=O) groups is 2. The van der Waals surface area contributed by atoms with Gasteiger partial charge in [0, 0.05) is 17.7 Å². The van der Waals surface area contributed by atoms with E-state index in [4.69, 9.17) is 28.4 Å². The van der Waals surface area contributed by atoms with Crippen LogP contribution in [0.3, 0.4) is 0 Å². The van der Waals surface area contributed by atoms with Crippen molar-refractivity contribution in [3.63, 3.8) is 0 Å². The summed E-state index contributed by atoms with van der Waals surface area (Å²) in [5, 5.41) is 29.5. The molecule has 0 unspecified atom stereocenters. The zero-order valence-electron chi connectivity index (χ0n) is 27.8. The van der Waals surface area contributed by atoms with Crippen LogP contribution in [0.15, 0.2) is 84.9 Å². The maximum Gasteiger partial charge on any atom is 0.330 e. The molecular weight excluding hydrogens is 644 g/mol. The molecule has 0 spiro atoms. The fraction of sp³-hybridized carbons (Fsp3) is 0.231. The molecule has 0 radical (unpaired) electrons. The van der Waals surface area contributed by atoms with E-state index in [0.717, 1.165) is 16.7 Å². The minimum atomic E-state index is -0.598. The van der Waals surface area contributed by atoms with Crippen molar-refractivity contribution in [3.05, 3.63) is 113 Å². The Morgan fingerprint density at radius 1 is 0.720 bits per heavy atom. The smallest absolute Gasteiger partial charge is 0.330 e. The molecule has 0 aromatic heterocycles. The van der Waals surface area contributed by atoms with Crippen molar-refractivity contribution in [1.82, 2.24) is 0 Å². The summed E-state index contributed by atoms with van der Waals surface area (Å²) in [6.07, 6.45) is 6.27. The minimum absolute atomic E-state index is 0.00421. The molecule has 0 bridgehead atoms. The number of esters is 2. The molecule has 50 heavy (non-hydrogen) atoms. The highest BCUT2D eigenvalue weighted by Gasteiger charge is 2.39. The molecule has 4 aromatic carbocycles. The fourth-order valence-electron chi connectivity index (χ4n) is 5.53. The second-order valence-electron chi connectivity index (χ2n) is 11.4. The summed E-state index contributed by atoms with van der Waals surface area (Å²) in [7, 11) is 4.45. The normalized spacial score (nSPS) is 15.0. The predicted octanol–water partition coefficient (Wildman–Crippen LogP) is 6.49. The zero-order valence-corrected chi connectivity index (χ0v) is 27.8. The van der Waals surface area contributed by atoms with Gasteiger partial charge in [0.1, 0.15) is 18.5 Å². The van der Waals surface area contributed by atoms with Crippen molar-refractivity contribution in [2.75, 3.05) is 34.5 Å². The molecule has 0 fully saturated rings. The third-order valence-electron chi connectivity index (χ3n) is 8.09.